The minimum absolute atomic E-state index is 0.208. The molecule has 1 unspecified atom stereocenters. The maximum atomic E-state index is 14.3. The molecule has 33 heavy (non-hydrogen) atoms. The Morgan fingerprint density at radius 2 is 2.15 bits per heavy atom. The maximum Gasteiger partial charge on any atom is 0.407 e. The number of imidazole rings is 1. The Bertz CT molecular complexity index is 1170. The van der Waals surface area contributed by atoms with Gasteiger partial charge in [0.1, 0.15) is 11.6 Å². The summed E-state index contributed by atoms with van der Waals surface area (Å²) in [6.07, 6.45) is 3.21. The third kappa shape index (κ3) is 5.16. The second kappa shape index (κ2) is 9.62. The number of ether oxygens (including phenoxy) is 1. The van der Waals surface area contributed by atoms with E-state index in [1.165, 1.54) is 19.2 Å². The molecule has 2 aromatic heterocycles. The number of nitrogens with zero attached hydrogens (tertiary/aromatic N) is 3. The highest BCUT2D eigenvalue weighted by Gasteiger charge is 2.30. The van der Waals surface area contributed by atoms with Gasteiger partial charge in [0.2, 0.25) is 5.95 Å². The van der Waals surface area contributed by atoms with Crippen molar-refractivity contribution in [3.8, 4) is 22.6 Å². The first-order valence-corrected chi connectivity index (χ1v) is 11.0. The molecule has 1 fully saturated rings. The minimum Gasteiger partial charge on any atom is -0.453 e. The SMILES string of the molecule is CNc1cc(F)cc(-c2nc(C3CC3)[nH]c2-c2ccnc(NCC(C)NC(=O)OC)n2)c1Cl. The van der Waals surface area contributed by atoms with Crippen LogP contribution in [0, 0.1) is 5.82 Å². The van der Waals surface area contributed by atoms with E-state index >= 15 is 0 Å². The monoisotopic (exact) mass is 473 g/mol. The van der Waals surface area contributed by atoms with Crippen LogP contribution in [0.2, 0.25) is 5.02 Å². The van der Waals surface area contributed by atoms with Gasteiger partial charge in [-0.25, -0.2) is 24.1 Å². The van der Waals surface area contributed by atoms with Crippen molar-refractivity contribution in [1.29, 1.82) is 0 Å². The fourth-order valence-corrected chi connectivity index (χ4v) is 3.70. The van der Waals surface area contributed by atoms with E-state index in [1.807, 2.05) is 6.92 Å². The summed E-state index contributed by atoms with van der Waals surface area (Å²) in [6, 6.07) is 4.26. The predicted molar refractivity (Wildman–Crippen MR) is 125 cm³/mol. The second-order valence-corrected chi connectivity index (χ2v) is 8.25. The molecule has 4 rings (SSSR count). The summed E-state index contributed by atoms with van der Waals surface area (Å²) in [5.41, 5.74) is 2.71. The number of hydrogen-bond acceptors (Lipinski definition) is 7. The standard InChI is InChI=1S/C22H25ClFN7O2/c1-11(28-22(32)33-3)10-27-21-26-7-6-15(29-21)19-18(30-20(31-19)12-4-5-12)14-8-13(24)9-16(25-2)17(14)23/h6-9,11-12,25H,4-5,10H2,1-3H3,(H,28,32)(H,30,31)(H,26,27,29). The number of benzene rings is 1. The molecule has 0 saturated heterocycles. The first-order valence-electron chi connectivity index (χ1n) is 10.6. The zero-order chi connectivity index (χ0) is 23.5. The normalized spacial score (nSPS) is 14.0. The van der Waals surface area contributed by atoms with E-state index in [2.05, 4.69) is 35.6 Å². The van der Waals surface area contributed by atoms with Gasteiger partial charge in [0, 0.05) is 37.3 Å². The van der Waals surface area contributed by atoms with E-state index in [9.17, 15) is 9.18 Å². The third-order valence-electron chi connectivity index (χ3n) is 5.28. The van der Waals surface area contributed by atoms with E-state index in [1.54, 1.807) is 19.3 Å². The Hall–Kier alpha value is -3.40. The third-order valence-corrected chi connectivity index (χ3v) is 5.68. The number of alkyl carbamates (subject to hydrolysis) is 1. The maximum absolute atomic E-state index is 14.3. The van der Waals surface area contributed by atoms with E-state index in [0.29, 0.717) is 51.8 Å². The number of rotatable bonds is 8. The van der Waals surface area contributed by atoms with Crippen molar-refractivity contribution >= 4 is 29.3 Å². The molecule has 9 nitrogen and oxygen atoms in total. The van der Waals surface area contributed by atoms with Crippen molar-refractivity contribution in [2.45, 2.75) is 31.7 Å². The molecule has 0 spiro atoms. The molecule has 3 aromatic rings. The number of H-pyrrole nitrogens is 1. The van der Waals surface area contributed by atoms with Crippen molar-refractivity contribution in [2.24, 2.45) is 0 Å². The summed E-state index contributed by atoms with van der Waals surface area (Å²) in [4.78, 5) is 28.3. The molecule has 174 valence electrons. The average molecular weight is 474 g/mol. The summed E-state index contributed by atoms with van der Waals surface area (Å²) >= 11 is 6.58. The number of amides is 1. The Morgan fingerprint density at radius 1 is 1.36 bits per heavy atom. The van der Waals surface area contributed by atoms with Gasteiger partial charge in [-0.1, -0.05) is 11.6 Å². The number of halogens is 2. The molecule has 4 N–H and O–H groups in total. The molecule has 0 bridgehead atoms. The Labute approximate surface area is 195 Å². The Balaban J connectivity index is 1.67. The number of carbonyl (C=O) groups excluding carboxylic acids is 1. The van der Waals surface area contributed by atoms with Crippen molar-refractivity contribution in [3.05, 3.63) is 41.1 Å². The summed E-state index contributed by atoms with van der Waals surface area (Å²) in [5, 5.41) is 9.07. The van der Waals surface area contributed by atoms with Crippen LogP contribution in [0.4, 0.5) is 20.8 Å². The second-order valence-electron chi connectivity index (χ2n) is 7.87. The number of aromatic amines is 1. The molecular formula is C22H25ClFN7O2. The lowest BCUT2D eigenvalue weighted by atomic mass is 10.1. The van der Waals surface area contributed by atoms with Gasteiger partial charge in [-0.3, -0.25) is 0 Å². The molecule has 2 heterocycles. The van der Waals surface area contributed by atoms with Gasteiger partial charge in [-0.05, 0) is 38.0 Å². The highest BCUT2D eigenvalue weighted by Crippen LogP contribution is 2.43. The smallest absolute Gasteiger partial charge is 0.407 e. The van der Waals surface area contributed by atoms with Crippen LogP contribution in [0.1, 0.15) is 31.5 Å². The van der Waals surface area contributed by atoms with Gasteiger partial charge < -0.3 is 25.7 Å². The molecule has 1 aromatic carbocycles. The zero-order valence-corrected chi connectivity index (χ0v) is 19.3. The molecule has 1 amide bonds. The van der Waals surface area contributed by atoms with Crippen LogP contribution in [0.3, 0.4) is 0 Å². The molecule has 0 aliphatic heterocycles. The summed E-state index contributed by atoms with van der Waals surface area (Å²) in [7, 11) is 2.99. The molecule has 1 aliphatic carbocycles. The Kier molecular flexibility index (Phi) is 6.64. The summed E-state index contributed by atoms with van der Waals surface area (Å²) in [6.45, 7) is 2.22. The van der Waals surface area contributed by atoms with Crippen LogP contribution in [0.15, 0.2) is 24.4 Å². The topological polar surface area (TPSA) is 117 Å². The molecule has 11 heteroatoms. The van der Waals surface area contributed by atoms with Gasteiger partial charge in [0.05, 0.1) is 34.9 Å². The molecule has 1 aliphatic rings. The van der Waals surface area contributed by atoms with Crippen molar-refractivity contribution < 1.29 is 13.9 Å². The fourth-order valence-electron chi connectivity index (χ4n) is 3.40. The van der Waals surface area contributed by atoms with E-state index < -0.39 is 11.9 Å². The number of anilines is 2. The van der Waals surface area contributed by atoms with Gasteiger partial charge >= 0.3 is 6.09 Å². The van der Waals surface area contributed by atoms with Gasteiger partial charge in [-0.2, -0.15) is 0 Å². The van der Waals surface area contributed by atoms with Crippen molar-refractivity contribution in [2.75, 3.05) is 31.3 Å². The van der Waals surface area contributed by atoms with Gasteiger partial charge in [0.25, 0.3) is 0 Å². The van der Waals surface area contributed by atoms with E-state index in [-0.39, 0.29) is 6.04 Å². The average Bonchev–Trinajstić information content (AvgIpc) is 3.57. The highest BCUT2D eigenvalue weighted by atomic mass is 35.5. The molecule has 1 saturated carbocycles. The van der Waals surface area contributed by atoms with Crippen molar-refractivity contribution in [3.63, 3.8) is 0 Å². The number of nitrogens with one attached hydrogen (secondary N) is 4. The number of methoxy groups -OCH3 is 1. The van der Waals surface area contributed by atoms with Crippen LogP contribution in [-0.4, -0.2) is 52.8 Å². The largest absolute Gasteiger partial charge is 0.453 e. The predicted octanol–water partition coefficient (Wildman–Crippen LogP) is 4.40. The molecule has 0 radical (unpaired) electrons. The summed E-state index contributed by atoms with van der Waals surface area (Å²) < 4.78 is 18.9. The summed E-state index contributed by atoms with van der Waals surface area (Å²) in [5.74, 6) is 1.13. The first-order chi connectivity index (χ1) is 15.9. The first kappa shape index (κ1) is 22.8. The van der Waals surface area contributed by atoms with Crippen LogP contribution < -0.4 is 16.0 Å². The van der Waals surface area contributed by atoms with Gasteiger partial charge in [-0.15, -0.1) is 0 Å². The number of hydrogen-bond donors (Lipinski definition) is 4. The van der Waals surface area contributed by atoms with Crippen LogP contribution in [-0.2, 0) is 4.74 Å². The lowest BCUT2D eigenvalue weighted by Gasteiger charge is -2.14. The lowest BCUT2D eigenvalue weighted by Crippen LogP contribution is -2.37. The quantitative estimate of drug-likeness (QED) is 0.383. The zero-order valence-electron chi connectivity index (χ0n) is 18.5. The van der Waals surface area contributed by atoms with Crippen molar-refractivity contribution in [1.82, 2.24) is 25.3 Å². The fraction of sp³-hybridized carbons (Fsp3) is 0.364. The molecular weight excluding hydrogens is 449 g/mol. The van der Waals surface area contributed by atoms with Gasteiger partial charge in [0.15, 0.2) is 0 Å². The lowest BCUT2D eigenvalue weighted by molar-refractivity contribution is 0.168. The number of aromatic nitrogens is 4. The molecule has 1 atom stereocenters. The van der Waals surface area contributed by atoms with E-state index in [0.717, 1.165) is 18.7 Å². The van der Waals surface area contributed by atoms with E-state index in [4.69, 9.17) is 16.6 Å². The van der Waals surface area contributed by atoms with Crippen LogP contribution in [0.5, 0.6) is 0 Å². The van der Waals surface area contributed by atoms with Crippen LogP contribution >= 0.6 is 11.6 Å². The highest BCUT2D eigenvalue weighted by molar-refractivity contribution is 6.36. The minimum atomic E-state index is -0.512. The Morgan fingerprint density at radius 3 is 2.85 bits per heavy atom. The van der Waals surface area contributed by atoms with Crippen LogP contribution in [0.25, 0.3) is 22.6 Å². The number of carbonyl (C=O) groups is 1.